The fourth-order valence-electron chi connectivity index (χ4n) is 2.36. The van der Waals surface area contributed by atoms with Crippen LogP contribution in [0.15, 0.2) is 54.6 Å². The van der Waals surface area contributed by atoms with Crippen LogP contribution in [0, 0.1) is 6.92 Å². The number of rotatable bonds is 6. The molecule has 0 saturated heterocycles. The van der Waals surface area contributed by atoms with Crippen molar-refractivity contribution in [2.24, 2.45) is 0 Å². The van der Waals surface area contributed by atoms with E-state index < -0.39 is 0 Å². The normalized spacial score (nSPS) is 10.4. The van der Waals surface area contributed by atoms with E-state index in [4.69, 9.17) is 0 Å². The predicted octanol–water partition coefficient (Wildman–Crippen LogP) is 4.80. The first-order valence-electron chi connectivity index (χ1n) is 7.15. The second kappa shape index (κ2) is 6.98. The fourth-order valence-corrected chi connectivity index (χ4v) is 2.36. The fraction of sp³-hybridized carbons (Fsp3) is 0.333. The summed E-state index contributed by atoms with van der Waals surface area (Å²) >= 11 is 0. The molecule has 0 fully saturated rings. The number of para-hydroxylation sites is 1. The Bertz CT molecular complexity index is 490. The zero-order valence-electron chi connectivity index (χ0n) is 12.0. The van der Waals surface area contributed by atoms with E-state index in [9.17, 15) is 0 Å². The number of hydrogen-bond acceptors (Lipinski definition) is 1. The van der Waals surface area contributed by atoms with Crippen LogP contribution in [-0.4, -0.2) is 6.54 Å². The number of anilines is 1. The van der Waals surface area contributed by atoms with E-state index in [-0.39, 0.29) is 0 Å². The first kappa shape index (κ1) is 13.7. The maximum atomic E-state index is 2.49. The van der Waals surface area contributed by atoms with Crippen LogP contribution in [0.4, 0.5) is 5.69 Å². The SMILES string of the molecule is CCCCN(Cc1ccccc1)c1ccccc1C. The Labute approximate surface area is 116 Å². The molecule has 0 N–H and O–H groups in total. The molecule has 2 rings (SSSR count). The molecule has 100 valence electrons. The molecule has 19 heavy (non-hydrogen) atoms. The van der Waals surface area contributed by atoms with E-state index in [1.165, 1.54) is 29.7 Å². The van der Waals surface area contributed by atoms with Gasteiger partial charge in [-0.25, -0.2) is 0 Å². The molecule has 0 spiro atoms. The summed E-state index contributed by atoms with van der Waals surface area (Å²) in [5.74, 6) is 0. The Balaban J connectivity index is 2.19. The maximum Gasteiger partial charge on any atom is 0.0429 e. The van der Waals surface area contributed by atoms with Gasteiger partial charge in [0.05, 0.1) is 0 Å². The molecule has 0 unspecified atom stereocenters. The maximum absolute atomic E-state index is 2.49. The van der Waals surface area contributed by atoms with Crippen molar-refractivity contribution in [3.8, 4) is 0 Å². The molecule has 0 heterocycles. The highest BCUT2D eigenvalue weighted by atomic mass is 15.1. The Hall–Kier alpha value is -1.76. The molecule has 1 nitrogen and oxygen atoms in total. The molecule has 0 radical (unpaired) electrons. The number of nitrogens with zero attached hydrogens (tertiary/aromatic N) is 1. The van der Waals surface area contributed by atoms with Crippen molar-refractivity contribution in [2.75, 3.05) is 11.4 Å². The molecule has 0 amide bonds. The minimum Gasteiger partial charge on any atom is -0.367 e. The van der Waals surface area contributed by atoms with Gasteiger partial charge in [0.15, 0.2) is 0 Å². The molecular formula is C18H23N. The summed E-state index contributed by atoms with van der Waals surface area (Å²) in [4.78, 5) is 2.49. The smallest absolute Gasteiger partial charge is 0.0429 e. The van der Waals surface area contributed by atoms with Gasteiger partial charge in [-0.05, 0) is 30.5 Å². The molecule has 0 aliphatic rings. The number of hydrogen-bond donors (Lipinski definition) is 0. The van der Waals surface area contributed by atoms with Crippen molar-refractivity contribution in [1.82, 2.24) is 0 Å². The van der Waals surface area contributed by atoms with Gasteiger partial charge in [-0.15, -0.1) is 0 Å². The van der Waals surface area contributed by atoms with Gasteiger partial charge in [0, 0.05) is 18.8 Å². The van der Waals surface area contributed by atoms with Gasteiger partial charge in [-0.1, -0.05) is 61.9 Å². The molecule has 0 aromatic heterocycles. The van der Waals surface area contributed by atoms with Crippen LogP contribution < -0.4 is 4.90 Å². The monoisotopic (exact) mass is 253 g/mol. The predicted molar refractivity (Wildman–Crippen MR) is 83.6 cm³/mol. The Kier molecular flexibility index (Phi) is 5.02. The molecular weight excluding hydrogens is 230 g/mol. The molecule has 2 aromatic carbocycles. The summed E-state index contributed by atoms with van der Waals surface area (Å²) < 4.78 is 0. The topological polar surface area (TPSA) is 3.24 Å². The van der Waals surface area contributed by atoms with E-state index in [1.54, 1.807) is 0 Å². The van der Waals surface area contributed by atoms with Crippen LogP contribution in [0.1, 0.15) is 30.9 Å². The summed E-state index contributed by atoms with van der Waals surface area (Å²) in [5.41, 5.74) is 4.09. The third-order valence-electron chi connectivity index (χ3n) is 3.45. The van der Waals surface area contributed by atoms with Gasteiger partial charge in [-0.2, -0.15) is 0 Å². The first-order valence-corrected chi connectivity index (χ1v) is 7.15. The Morgan fingerprint density at radius 2 is 1.58 bits per heavy atom. The van der Waals surface area contributed by atoms with E-state index >= 15 is 0 Å². The van der Waals surface area contributed by atoms with E-state index in [0.29, 0.717) is 0 Å². The van der Waals surface area contributed by atoms with Crippen LogP contribution in [0.5, 0.6) is 0 Å². The minimum atomic E-state index is 0.992. The van der Waals surface area contributed by atoms with Crippen molar-refractivity contribution in [3.05, 3.63) is 65.7 Å². The molecule has 0 saturated carbocycles. The van der Waals surface area contributed by atoms with Crippen molar-refractivity contribution < 1.29 is 0 Å². The van der Waals surface area contributed by atoms with Gasteiger partial charge >= 0.3 is 0 Å². The van der Waals surface area contributed by atoms with Crippen LogP contribution in [-0.2, 0) is 6.54 Å². The molecule has 2 aromatic rings. The lowest BCUT2D eigenvalue weighted by molar-refractivity contribution is 0.714. The van der Waals surface area contributed by atoms with Crippen LogP contribution >= 0.6 is 0 Å². The summed E-state index contributed by atoms with van der Waals surface area (Å²) in [5, 5.41) is 0. The molecule has 1 heteroatoms. The number of benzene rings is 2. The van der Waals surface area contributed by atoms with Gasteiger partial charge in [0.1, 0.15) is 0 Å². The summed E-state index contributed by atoms with van der Waals surface area (Å²) in [6.45, 7) is 6.56. The summed E-state index contributed by atoms with van der Waals surface area (Å²) in [7, 11) is 0. The lowest BCUT2D eigenvalue weighted by Gasteiger charge is -2.26. The molecule has 0 aliphatic carbocycles. The van der Waals surface area contributed by atoms with Crippen LogP contribution in [0.2, 0.25) is 0 Å². The lowest BCUT2D eigenvalue weighted by atomic mass is 10.1. The summed E-state index contributed by atoms with van der Waals surface area (Å²) in [6, 6.07) is 19.4. The van der Waals surface area contributed by atoms with Crippen molar-refractivity contribution in [2.45, 2.75) is 33.2 Å². The zero-order valence-corrected chi connectivity index (χ0v) is 12.0. The minimum absolute atomic E-state index is 0.992. The van der Waals surface area contributed by atoms with Gasteiger partial charge < -0.3 is 4.90 Å². The van der Waals surface area contributed by atoms with E-state index in [2.05, 4.69) is 73.3 Å². The van der Waals surface area contributed by atoms with E-state index in [0.717, 1.165) is 13.1 Å². The second-order valence-corrected chi connectivity index (χ2v) is 5.05. The quantitative estimate of drug-likeness (QED) is 0.714. The zero-order chi connectivity index (χ0) is 13.5. The second-order valence-electron chi connectivity index (χ2n) is 5.05. The highest BCUT2D eigenvalue weighted by molar-refractivity contribution is 5.53. The van der Waals surface area contributed by atoms with Crippen molar-refractivity contribution in [1.29, 1.82) is 0 Å². The molecule has 0 bridgehead atoms. The van der Waals surface area contributed by atoms with Crippen LogP contribution in [0.3, 0.4) is 0 Å². The summed E-state index contributed by atoms with van der Waals surface area (Å²) in [6.07, 6.45) is 2.47. The van der Waals surface area contributed by atoms with Crippen molar-refractivity contribution >= 4 is 5.69 Å². The average Bonchev–Trinajstić information content (AvgIpc) is 2.45. The molecule has 0 atom stereocenters. The standard InChI is InChI=1S/C18H23N/c1-3-4-14-19(15-17-11-6-5-7-12-17)18-13-9-8-10-16(18)2/h5-13H,3-4,14-15H2,1-2H3. The van der Waals surface area contributed by atoms with Gasteiger partial charge in [0.2, 0.25) is 0 Å². The number of aryl methyl sites for hydroxylation is 1. The van der Waals surface area contributed by atoms with Crippen LogP contribution in [0.25, 0.3) is 0 Å². The Morgan fingerprint density at radius 1 is 0.895 bits per heavy atom. The van der Waals surface area contributed by atoms with Gasteiger partial charge in [-0.3, -0.25) is 0 Å². The molecule has 0 aliphatic heterocycles. The number of unbranched alkanes of at least 4 members (excludes halogenated alkanes) is 1. The van der Waals surface area contributed by atoms with Crippen molar-refractivity contribution in [3.63, 3.8) is 0 Å². The Morgan fingerprint density at radius 3 is 2.26 bits per heavy atom. The van der Waals surface area contributed by atoms with E-state index in [1.807, 2.05) is 0 Å². The largest absolute Gasteiger partial charge is 0.367 e. The average molecular weight is 253 g/mol. The third kappa shape index (κ3) is 3.85. The lowest BCUT2D eigenvalue weighted by Crippen LogP contribution is -2.24. The van der Waals surface area contributed by atoms with Gasteiger partial charge in [0.25, 0.3) is 0 Å². The highest BCUT2D eigenvalue weighted by Crippen LogP contribution is 2.22. The highest BCUT2D eigenvalue weighted by Gasteiger charge is 2.08. The first-order chi connectivity index (χ1) is 9.31. The third-order valence-corrected chi connectivity index (χ3v) is 3.45.